The first kappa shape index (κ1) is 19.5. The molecule has 25 heavy (non-hydrogen) atoms. The molecule has 10 heteroatoms. The Morgan fingerprint density at radius 1 is 1.24 bits per heavy atom. The summed E-state index contributed by atoms with van der Waals surface area (Å²) in [6.07, 6.45) is -4.42. The van der Waals surface area contributed by atoms with Crippen LogP contribution in [0.25, 0.3) is 0 Å². The maximum atomic E-state index is 12.8. The van der Waals surface area contributed by atoms with Crippen molar-refractivity contribution in [1.82, 2.24) is 15.6 Å². The molecule has 2 rings (SSSR count). The molecule has 0 saturated carbocycles. The first-order chi connectivity index (χ1) is 11.9. The predicted molar refractivity (Wildman–Crippen MR) is 92.4 cm³/mol. The van der Waals surface area contributed by atoms with Crippen molar-refractivity contribution in [3.8, 4) is 0 Å². The third-order valence-corrected chi connectivity index (χ3v) is 4.81. The van der Waals surface area contributed by atoms with E-state index in [1.807, 2.05) is 0 Å². The second-order valence-corrected chi connectivity index (χ2v) is 6.89. The Morgan fingerprint density at radius 2 is 1.96 bits per heavy atom. The Kier molecular flexibility index (Phi) is 7.06. The van der Waals surface area contributed by atoms with Gasteiger partial charge in [0.2, 0.25) is 0 Å². The van der Waals surface area contributed by atoms with Crippen molar-refractivity contribution in [2.45, 2.75) is 17.6 Å². The molecule has 0 bridgehead atoms. The van der Waals surface area contributed by atoms with Gasteiger partial charge in [0.15, 0.2) is 11.7 Å². The number of thiazole rings is 1. The van der Waals surface area contributed by atoms with Gasteiger partial charge >= 0.3 is 6.18 Å². The molecule has 0 unspecified atom stereocenters. The van der Waals surface area contributed by atoms with E-state index in [0.29, 0.717) is 17.5 Å². The van der Waals surface area contributed by atoms with E-state index in [1.165, 1.54) is 12.1 Å². The van der Waals surface area contributed by atoms with E-state index < -0.39 is 11.9 Å². The zero-order chi connectivity index (χ0) is 18.3. The van der Waals surface area contributed by atoms with Crippen LogP contribution < -0.4 is 10.6 Å². The van der Waals surface area contributed by atoms with Crippen LogP contribution in [-0.2, 0) is 12.7 Å². The minimum atomic E-state index is -4.42. The summed E-state index contributed by atoms with van der Waals surface area (Å²) in [5.41, 5.74) is -0.882. The van der Waals surface area contributed by atoms with E-state index in [-0.39, 0.29) is 12.4 Å². The minimum Gasteiger partial charge on any atom is -0.356 e. The minimum absolute atomic E-state index is 0.158. The standard InChI is InChI=1S/C15H16F4N4S2/c1-20-14(21-6-7-24-11-4-2-10(16)3-5-11)22-8-13-23-12(9-25-13)15(17,18)19/h2-5,9H,6-8H2,1H3,(H2,20,21,22). The largest absolute Gasteiger partial charge is 0.434 e. The zero-order valence-electron chi connectivity index (χ0n) is 13.2. The number of guanidine groups is 1. The number of rotatable bonds is 6. The summed E-state index contributed by atoms with van der Waals surface area (Å²) < 4.78 is 50.3. The lowest BCUT2D eigenvalue weighted by atomic mass is 10.4. The molecule has 0 saturated heterocycles. The van der Waals surface area contributed by atoms with Crippen LogP contribution in [0.3, 0.4) is 0 Å². The van der Waals surface area contributed by atoms with E-state index in [9.17, 15) is 17.6 Å². The molecule has 0 amide bonds. The van der Waals surface area contributed by atoms with Crippen molar-refractivity contribution in [3.05, 3.63) is 46.2 Å². The van der Waals surface area contributed by atoms with Gasteiger partial charge in [-0.05, 0) is 24.3 Å². The third-order valence-electron chi connectivity index (χ3n) is 2.95. The first-order valence-electron chi connectivity index (χ1n) is 7.23. The number of thioether (sulfide) groups is 1. The molecule has 2 N–H and O–H groups in total. The number of halogens is 4. The summed E-state index contributed by atoms with van der Waals surface area (Å²) in [5, 5.41) is 7.30. The van der Waals surface area contributed by atoms with Crippen molar-refractivity contribution in [2.75, 3.05) is 19.3 Å². The molecule has 0 radical (unpaired) electrons. The SMILES string of the molecule is CN=C(NCCSc1ccc(F)cc1)NCc1nc(C(F)(F)F)cs1. The highest BCUT2D eigenvalue weighted by Crippen LogP contribution is 2.29. The van der Waals surface area contributed by atoms with E-state index in [1.54, 1.807) is 30.9 Å². The molecule has 0 aliphatic heterocycles. The molecule has 1 aromatic carbocycles. The molecule has 0 fully saturated rings. The highest BCUT2D eigenvalue weighted by molar-refractivity contribution is 7.99. The van der Waals surface area contributed by atoms with Crippen molar-refractivity contribution in [2.24, 2.45) is 4.99 Å². The van der Waals surface area contributed by atoms with Crippen molar-refractivity contribution in [3.63, 3.8) is 0 Å². The number of aliphatic imine (C=N–C) groups is 1. The topological polar surface area (TPSA) is 49.3 Å². The molecule has 1 heterocycles. The van der Waals surface area contributed by atoms with Gasteiger partial charge in [0.05, 0.1) is 6.54 Å². The Morgan fingerprint density at radius 3 is 2.56 bits per heavy atom. The number of aromatic nitrogens is 1. The molecule has 0 aliphatic carbocycles. The maximum absolute atomic E-state index is 12.8. The van der Waals surface area contributed by atoms with Crippen LogP contribution in [0.4, 0.5) is 17.6 Å². The smallest absolute Gasteiger partial charge is 0.356 e. The number of nitrogens with one attached hydrogen (secondary N) is 2. The first-order valence-corrected chi connectivity index (χ1v) is 9.09. The number of benzene rings is 1. The fourth-order valence-corrected chi connectivity index (χ4v) is 3.28. The Labute approximate surface area is 150 Å². The van der Waals surface area contributed by atoms with Gasteiger partial charge < -0.3 is 10.6 Å². The van der Waals surface area contributed by atoms with E-state index in [4.69, 9.17) is 0 Å². The van der Waals surface area contributed by atoms with Gasteiger partial charge in [0.1, 0.15) is 10.8 Å². The van der Waals surface area contributed by atoms with Crippen LogP contribution in [-0.4, -0.2) is 30.3 Å². The molecule has 2 aromatic rings. The van der Waals surface area contributed by atoms with Gasteiger partial charge in [-0.2, -0.15) is 13.2 Å². The van der Waals surface area contributed by atoms with Crippen LogP contribution in [0.15, 0.2) is 39.5 Å². The molecule has 0 atom stereocenters. The fraction of sp³-hybridized carbons (Fsp3) is 0.333. The van der Waals surface area contributed by atoms with Crippen LogP contribution in [0.2, 0.25) is 0 Å². The number of hydrogen-bond donors (Lipinski definition) is 2. The van der Waals surface area contributed by atoms with E-state index >= 15 is 0 Å². The lowest BCUT2D eigenvalue weighted by molar-refractivity contribution is -0.140. The lowest BCUT2D eigenvalue weighted by Gasteiger charge is -2.10. The van der Waals surface area contributed by atoms with Crippen LogP contribution in [0, 0.1) is 5.82 Å². The summed E-state index contributed by atoms with van der Waals surface area (Å²) in [6, 6.07) is 6.21. The number of hydrogen-bond acceptors (Lipinski definition) is 4. The average Bonchev–Trinajstić information content (AvgIpc) is 3.05. The van der Waals surface area contributed by atoms with Gasteiger partial charge in [0, 0.05) is 29.6 Å². The van der Waals surface area contributed by atoms with E-state index in [0.717, 1.165) is 27.4 Å². The Balaban J connectivity index is 1.72. The molecule has 0 aliphatic rings. The quantitative estimate of drug-likeness (QED) is 0.258. The van der Waals surface area contributed by atoms with Crippen molar-refractivity contribution < 1.29 is 17.6 Å². The summed E-state index contributed by atoms with van der Waals surface area (Å²) in [4.78, 5) is 8.50. The molecular formula is C15H16F4N4S2. The highest BCUT2D eigenvalue weighted by atomic mass is 32.2. The zero-order valence-corrected chi connectivity index (χ0v) is 14.9. The summed E-state index contributed by atoms with van der Waals surface area (Å²) in [7, 11) is 1.57. The Bertz CT molecular complexity index is 698. The predicted octanol–water partition coefficient (Wildman–Crippen LogP) is 3.76. The molecule has 1 aromatic heterocycles. The molecule has 136 valence electrons. The normalized spacial score (nSPS) is 12.3. The van der Waals surface area contributed by atoms with Crippen LogP contribution in [0.1, 0.15) is 10.7 Å². The monoisotopic (exact) mass is 392 g/mol. The maximum Gasteiger partial charge on any atom is 0.434 e. The van der Waals surface area contributed by atoms with Gasteiger partial charge in [-0.25, -0.2) is 9.37 Å². The summed E-state index contributed by atoms with van der Waals surface area (Å²) >= 11 is 2.50. The third kappa shape index (κ3) is 6.54. The molecule has 0 spiro atoms. The Hall–Kier alpha value is -1.81. The fourth-order valence-electron chi connectivity index (χ4n) is 1.77. The van der Waals surface area contributed by atoms with Crippen molar-refractivity contribution in [1.29, 1.82) is 0 Å². The van der Waals surface area contributed by atoms with Gasteiger partial charge in [-0.15, -0.1) is 23.1 Å². The van der Waals surface area contributed by atoms with Crippen LogP contribution >= 0.6 is 23.1 Å². The average molecular weight is 392 g/mol. The highest BCUT2D eigenvalue weighted by Gasteiger charge is 2.33. The second kappa shape index (κ2) is 9.04. The van der Waals surface area contributed by atoms with Gasteiger partial charge in [0.25, 0.3) is 0 Å². The summed E-state index contributed by atoms with van der Waals surface area (Å²) in [6.45, 7) is 0.749. The number of nitrogens with zero attached hydrogens (tertiary/aromatic N) is 2. The van der Waals surface area contributed by atoms with Gasteiger partial charge in [-0.1, -0.05) is 0 Å². The van der Waals surface area contributed by atoms with Crippen LogP contribution in [0.5, 0.6) is 0 Å². The molecular weight excluding hydrogens is 376 g/mol. The van der Waals surface area contributed by atoms with Gasteiger partial charge in [-0.3, -0.25) is 4.99 Å². The lowest BCUT2D eigenvalue weighted by Crippen LogP contribution is -2.37. The molecule has 4 nitrogen and oxygen atoms in total. The van der Waals surface area contributed by atoms with E-state index in [2.05, 4.69) is 20.6 Å². The summed E-state index contributed by atoms with van der Waals surface area (Å²) in [5.74, 6) is 0.924. The van der Waals surface area contributed by atoms with Crippen molar-refractivity contribution >= 4 is 29.1 Å². The number of alkyl halides is 3. The second-order valence-electron chi connectivity index (χ2n) is 4.78.